The highest BCUT2D eigenvalue weighted by molar-refractivity contribution is 7.90. The first-order chi connectivity index (χ1) is 9.44. The quantitative estimate of drug-likeness (QED) is 0.758. The van der Waals surface area contributed by atoms with E-state index >= 15 is 0 Å². The Balaban J connectivity index is 2.03. The molecule has 0 amide bonds. The van der Waals surface area contributed by atoms with Crippen LogP contribution in [0.4, 0.5) is 0 Å². The van der Waals surface area contributed by atoms with Crippen LogP contribution in [0.2, 0.25) is 0 Å². The summed E-state index contributed by atoms with van der Waals surface area (Å²) in [5.74, 6) is -0.919. The van der Waals surface area contributed by atoms with Crippen molar-refractivity contribution in [3.63, 3.8) is 0 Å². The maximum absolute atomic E-state index is 12.5. The van der Waals surface area contributed by atoms with Gasteiger partial charge in [0.15, 0.2) is 0 Å². The summed E-state index contributed by atoms with van der Waals surface area (Å²) in [6.45, 7) is 1.74. The summed E-state index contributed by atoms with van der Waals surface area (Å²) >= 11 is 0. The molecule has 7 heteroatoms. The molecular formula is C13H24N2O4S. The molecular weight excluding hydrogens is 280 g/mol. The zero-order valence-electron chi connectivity index (χ0n) is 12.2. The smallest absolute Gasteiger partial charge is 0.310 e. The molecule has 20 heavy (non-hydrogen) atoms. The molecule has 0 aromatic heterocycles. The number of ether oxygens (including phenoxy) is 1. The molecule has 0 aromatic rings. The Morgan fingerprint density at radius 3 is 2.65 bits per heavy atom. The van der Waals surface area contributed by atoms with Crippen LogP contribution in [0.15, 0.2) is 0 Å². The largest absolute Gasteiger partial charge is 0.469 e. The number of carbonyl (C=O) groups is 1. The average Bonchev–Trinajstić information content (AvgIpc) is 2.87. The summed E-state index contributed by atoms with van der Waals surface area (Å²) < 4.78 is 32.5. The Hall–Kier alpha value is -0.660. The molecule has 1 saturated carbocycles. The van der Waals surface area contributed by atoms with Gasteiger partial charge in [-0.25, -0.2) is 13.1 Å². The van der Waals surface area contributed by atoms with Gasteiger partial charge >= 0.3 is 5.97 Å². The molecule has 0 aromatic carbocycles. The summed E-state index contributed by atoms with van der Waals surface area (Å²) in [6.07, 6.45) is 3.75. The van der Waals surface area contributed by atoms with Crippen LogP contribution in [0.1, 0.15) is 32.1 Å². The van der Waals surface area contributed by atoms with Crippen molar-refractivity contribution >= 4 is 16.0 Å². The fourth-order valence-corrected chi connectivity index (χ4v) is 5.29. The maximum Gasteiger partial charge on any atom is 0.310 e. The molecule has 1 heterocycles. The van der Waals surface area contributed by atoms with Gasteiger partial charge in [-0.05, 0) is 39.3 Å². The second-order valence-corrected chi connectivity index (χ2v) is 7.79. The van der Waals surface area contributed by atoms with Crippen LogP contribution in [0.5, 0.6) is 0 Å². The first kappa shape index (κ1) is 15.7. The van der Waals surface area contributed by atoms with Crippen LogP contribution in [-0.4, -0.2) is 57.8 Å². The van der Waals surface area contributed by atoms with Gasteiger partial charge in [-0.3, -0.25) is 4.79 Å². The SMILES string of the molecule is COC(=O)C1CCCC1S(=O)(=O)NC1CCCN(C)C1. The monoisotopic (exact) mass is 304 g/mol. The summed E-state index contributed by atoms with van der Waals surface area (Å²) in [7, 11) is -0.158. The number of hydrogen-bond donors (Lipinski definition) is 1. The van der Waals surface area contributed by atoms with E-state index in [2.05, 4.69) is 9.62 Å². The van der Waals surface area contributed by atoms with Crippen LogP contribution in [0, 0.1) is 5.92 Å². The fourth-order valence-electron chi connectivity index (χ4n) is 3.30. The number of nitrogens with zero attached hydrogens (tertiary/aromatic N) is 1. The Morgan fingerprint density at radius 2 is 2.00 bits per heavy atom. The van der Waals surface area contributed by atoms with Crippen molar-refractivity contribution in [1.82, 2.24) is 9.62 Å². The van der Waals surface area contributed by atoms with E-state index in [-0.39, 0.29) is 6.04 Å². The molecule has 3 unspecified atom stereocenters. The third kappa shape index (κ3) is 3.51. The first-order valence-corrected chi connectivity index (χ1v) is 8.76. The number of nitrogens with one attached hydrogen (secondary N) is 1. The molecule has 2 fully saturated rings. The van der Waals surface area contributed by atoms with Crippen LogP contribution in [-0.2, 0) is 19.6 Å². The van der Waals surface area contributed by atoms with E-state index in [4.69, 9.17) is 4.74 Å². The number of rotatable bonds is 4. The second kappa shape index (κ2) is 6.41. The lowest BCUT2D eigenvalue weighted by Crippen LogP contribution is -2.50. The average molecular weight is 304 g/mol. The molecule has 6 nitrogen and oxygen atoms in total. The molecule has 1 saturated heterocycles. The van der Waals surface area contributed by atoms with Crippen LogP contribution in [0.3, 0.4) is 0 Å². The third-order valence-corrected chi connectivity index (χ3v) is 6.33. The minimum absolute atomic E-state index is 0.0438. The van der Waals surface area contributed by atoms with E-state index in [0.717, 1.165) is 32.4 Å². The summed E-state index contributed by atoms with van der Waals surface area (Å²) in [5.41, 5.74) is 0. The minimum atomic E-state index is -3.46. The molecule has 3 atom stereocenters. The highest BCUT2D eigenvalue weighted by atomic mass is 32.2. The predicted molar refractivity (Wildman–Crippen MR) is 75.7 cm³/mol. The molecule has 0 bridgehead atoms. The van der Waals surface area contributed by atoms with E-state index in [1.165, 1.54) is 7.11 Å². The number of hydrogen-bond acceptors (Lipinski definition) is 5. The molecule has 1 N–H and O–H groups in total. The van der Waals surface area contributed by atoms with Crippen molar-refractivity contribution in [1.29, 1.82) is 0 Å². The summed E-state index contributed by atoms with van der Waals surface area (Å²) in [4.78, 5) is 13.8. The van der Waals surface area contributed by atoms with Crippen molar-refractivity contribution in [3.8, 4) is 0 Å². The van der Waals surface area contributed by atoms with Gasteiger partial charge in [0.1, 0.15) is 0 Å². The predicted octanol–water partition coefficient (Wildman–Crippen LogP) is 0.342. The highest BCUT2D eigenvalue weighted by Crippen LogP contribution is 2.32. The van der Waals surface area contributed by atoms with Crippen molar-refractivity contribution in [2.75, 3.05) is 27.2 Å². The molecule has 116 valence electrons. The first-order valence-electron chi connectivity index (χ1n) is 7.21. The lowest BCUT2D eigenvalue weighted by atomic mass is 10.1. The number of methoxy groups -OCH3 is 1. The Kier molecular flexibility index (Phi) is 5.04. The van der Waals surface area contributed by atoms with Gasteiger partial charge < -0.3 is 9.64 Å². The number of sulfonamides is 1. The molecule has 1 aliphatic heterocycles. The van der Waals surface area contributed by atoms with E-state index in [1.54, 1.807) is 0 Å². The zero-order chi connectivity index (χ0) is 14.8. The van der Waals surface area contributed by atoms with Gasteiger partial charge in [-0.2, -0.15) is 0 Å². The molecule has 1 aliphatic carbocycles. The number of piperidine rings is 1. The third-order valence-electron chi connectivity index (χ3n) is 4.31. The minimum Gasteiger partial charge on any atom is -0.469 e. The number of likely N-dealkylation sites (N-methyl/N-ethyl adjacent to an activating group) is 1. The van der Waals surface area contributed by atoms with Crippen molar-refractivity contribution in [3.05, 3.63) is 0 Å². The summed E-state index contributed by atoms with van der Waals surface area (Å²) in [5, 5.41) is -0.637. The topological polar surface area (TPSA) is 75.7 Å². The molecule has 2 rings (SSSR count). The van der Waals surface area contributed by atoms with Gasteiger partial charge in [0.05, 0.1) is 18.3 Å². The van der Waals surface area contributed by atoms with Crippen molar-refractivity contribution in [2.45, 2.75) is 43.4 Å². The zero-order valence-corrected chi connectivity index (χ0v) is 13.0. The van der Waals surface area contributed by atoms with E-state index in [1.807, 2.05) is 7.05 Å². The molecule has 0 spiro atoms. The van der Waals surface area contributed by atoms with Crippen LogP contribution < -0.4 is 4.72 Å². The Morgan fingerprint density at radius 1 is 1.25 bits per heavy atom. The van der Waals surface area contributed by atoms with E-state index in [9.17, 15) is 13.2 Å². The van der Waals surface area contributed by atoms with Crippen LogP contribution in [0.25, 0.3) is 0 Å². The maximum atomic E-state index is 12.5. The van der Waals surface area contributed by atoms with Crippen LogP contribution >= 0.6 is 0 Å². The lowest BCUT2D eigenvalue weighted by molar-refractivity contribution is -0.145. The molecule has 0 radical (unpaired) electrons. The summed E-state index contributed by atoms with van der Waals surface area (Å²) in [6, 6.07) is -0.0438. The lowest BCUT2D eigenvalue weighted by Gasteiger charge is -2.31. The van der Waals surface area contributed by atoms with Gasteiger partial charge in [0, 0.05) is 12.6 Å². The normalized spacial score (nSPS) is 32.2. The standard InChI is InChI=1S/C13H24N2O4S/c1-15-8-4-5-10(9-15)14-20(17,18)12-7-3-6-11(12)13(16)19-2/h10-12,14H,3-9H2,1-2H3. The van der Waals surface area contributed by atoms with Crippen molar-refractivity contribution < 1.29 is 17.9 Å². The Bertz CT molecular complexity index is 451. The number of carbonyl (C=O) groups excluding carboxylic acids is 1. The number of likely N-dealkylation sites (tertiary alicyclic amines) is 1. The Labute approximate surface area is 120 Å². The van der Waals surface area contributed by atoms with Gasteiger partial charge in [-0.1, -0.05) is 6.42 Å². The molecule has 2 aliphatic rings. The van der Waals surface area contributed by atoms with E-state index in [0.29, 0.717) is 12.8 Å². The fraction of sp³-hybridized carbons (Fsp3) is 0.923. The van der Waals surface area contributed by atoms with Crippen molar-refractivity contribution in [2.24, 2.45) is 5.92 Å². The van der Waals surface area contributed by atoms with Gasteiger partial charge in [-0.15, -0.1) is 0 Å². The highest BCUT2D eigenvalue weighted by Gasteiger charge is 2.43. The number of esters is 1. The van der Waals surface area contributed by atoms with Gasteiger partial charge in [0.25, 0.3) is 0 Å². The second-order valence-electron chi connectivity index (χ2n) is 5.86. The van der Waals surface area contributed by atoms with E-state index < -0.39 is 27.2 Å². The van der Waals surface area contributed by atoms with Gasteiger partial charge in [0.2, 0.25) is 10.0 Å².